The number of nitrogens with one attached hydrogen (secondary N) is 1. The topological polar surface area (TPSA) is 37.8 Å². The highest BCUT2D eigenvalue weighted by Crippen LogP contribution is 2.29. The first-order valence-corrected chi connectivity index (χ1v) is 7.35. The summed E-state index contributed by atoms with van der Waals surface area (Å²) in [5, 5.41) is 3.02. The number of hydrogen-bond acceptors (Lipinski definition) is 3. The molecule has 100 valence electrons. The summed E-state index contributed by atoms with van der Waals surface area (Å²) in [5.41, 5.74) is 1.68. The summed E-state index contributed by atoms with van der Waals surface area (Å²) in [4.78, 5) is 8.93. The Morgan fingerprint density at radius 1 is 1.26 bits per heavy atom. The van der Waals surface area contributed by atoms with Gasteiger partial charge in [-0.2, -0.15) is 0 Å². The van der Waals surface area contributed by atoms with Gasteiger partial charge in [-0.3, -0.25) is 0 Å². The van der Waals surface area contributed by atoms with Crippen LogP contribution in [0.3, 0.4) is 0 Å². The molecule has 0 bridgehead atoms. The van der Waals surface area contributed by atoms with Crippen LogP contribution in [-0.4, -0.2) is 17.0 Å². The lowest BCUT2D eigenvalue weighted by Gasteiger charge is -2.10. The molecule has 1 N–H and O–H groups in total. The van der Waals surface area contributed by atoms with Crippen LogP contribution in [0, 0.1) is 5.82 Å². The minimum absolute atomic E-state index is 0.301. The molecule has 0 spiro atoms. The van der Waals surface area contributed by atoms with Crippen molar-refractivity contribution in [2.75, 3.05) is 12.4 Å². The van der Waals surface area contributed by atoms with Crippen molar-refractivity contribution in [2.24, 2.45) is 0 Å². The van der Waals surface area contributed by atoms with Gasteiger partial charge in [-0.25, -0.2) is 14.4 Å². The zero-order chi connectivity index (χ0) is 14.0. The molecule has 1 aromatic heterocycles. The molecule has 1 heterocycles. The van der Waals surface area contributed by atoms with Gasteiger partial charge in [0.05, 0.1) is 14.6 Å². The third-order valence-electron chi connectivity index (χ3n) is 2.67. The van der Waals surface area contributed by atoms with Crippen molar-refractivity contribution in [3.8, 4) is 11.4 Å². The van der Waals surface area contributed by atoms with Crippen molar-refractivity contribution < 1.29 is 4.39 Å². The summed E-state index contributed by atoms with van der Waals surface area (Å²) in [6.45, 7) is 2.02. The van der Waals surface area contributed by atoms with Crippen LogP contribution < -0.4 is 5.32 Å². The van der Waals surface area contributed by atoms with E-state index < -0.39 is 0 Å². The summed E-state index contributed by atoms with van der Waals surface area (Å²) >= 11 is 6.65. The number of halogens is 3. The van der Waals surface area contributed by atoms with E-state index in [4.69, 9.17) is 0 Å². The minimum atomic E-state index is -0.301. The number of aromatic nitrogens is 2. The summed E-state index contributed by atoms with van der Waals surface area (Å²) in [6, 6.07) is 4.75. The fraction of sp³-hybridized carbons (Fsp3) is 0.231. The molecule has 0 aliphatic heterocycles. The fourth-order valence-electron chi connectivity index (χ4n) is 1.66. The Morgan fingerprint density at radius 2 is 2.00 bits per heavy atom. The molecule has 19 heavy (non-hydrogen) atoms. The van der Waals surface area contributed by atoms with Gasteiger partial charge < -0.3 is 5.32 Å². The molecule has 0 aliphatic carbocycles. The third kappa shape index (κ3) is 2.95. The zero-order valence-corrected chi connectivity index (χ0v) is 13.6. The predicted molar refractivity (Wildman–Crippen MR) is 81.8 cm³/mol. The van der Waals surface area contributed by atoms with E-state index in [0.717, 1.165) is 28.0 Å². The Bertz CT molecular complexity index is 592. The molecule has 0 amide bonds. The lowest BCUT2D eigenvalue weighted by molar-refractivity contribution is 0.621. The summed E-state index contributed by atoms with van der Waals surface area (Å²) in [6.07, 6.45) is 0.785. The van der Waals surface area contributed by atoms with E-state index in [1.165, 1.54) is 6.07 Å². The molecule has 0 saturated heterocycles. The largest absolute Gasteiger partial charge is 0.372 e. The van der Waals surface area contributed by atoms with E-state index in [0.29, 0.717) is 10.3 Å². The average molecular weight is 389 g/mol. The smallest absolute Gasteiger partial charge is 0.161 e. The van der Waals surface area contributed by atoms with Gasteiger partial charge in [0.25, 0.3) is 0 Å². The second kappa shape index (κ2) is 5.96. The lowest BCUT2D eigenvalue weighted by atomic mass is 10.2. The number of nitrogens with zero attached hydrogens (tertiary/aromatic N) is 2. The van der Waals surface area contributed by atoms with Crippen LogP contribution in [0.5, 0.6) is 0 Å². The third-order valence-corrected chi connectivity index (χ3v) is 4.11. The lowest BCUT2D eigenvalue weighted by Crippen LogP contribution is -2.02. The maximum absolute atomic E-state index is 13.3. The molecular weight excluding hydrogens is 377 g/mol. The Hall–Kier alpha value is -1.01. The maximum atomic E-state index is 13.3. The Labute approximate surface area is 127 Å². The quantitative estimate of drug-likeness (QED) is 0.846. The van der Waals surface area contributed by atoms with Gasteiger partial charge in [0, 0.05) is 12.6 Å². The monoisotopic (exact) mass is 387 g/mol. The summed E-state index contributed by atoms with van der Waals surface area (Å²) in [7, 11) is 1.80. The van der Waals surface area contributed by atoms with E-state index in [9.17, 15) is 4.39 Å². The van der Waals surface area contributed by atoms with E-state index in [2.05, 4.69) is 47.1 Å². The molecule has 2 rings (SSSR count). The van der Waals surface area contributed by atoms with Crippen molar-refractivity contribution in [1.29, 1.82) is 0 Å². The number of hydrogen-bond donors (Lipinski definition) is 1. The SMILES string of the molecule is CCc1nc(-c2ccc(F)c(Br)c2)nc(NC)c1Br. The van der Waals surface area contributed by atoms with Gasteiger partial charge in [0.2, 0.25) is 0 Å². The molecule has 0 unspecified atom stereocenters. The first kappa shape index (κ1) is 14.4. The van der Waals surface area contributed by atoms with Crippen molar-refractivity contribution in [2.45, 2.75) is 13.3 Å². The molecule has 1 aromatic carbocycles. The maximum Gasteiger partial charge on any atom is 0.161 e. The highest BCUT2D eigenvalue weighted by Gasteiger charge is 2.12. The van der Waals surface area contributed by atoms with Gasteiger partial charge in [0.1, 0.15) is 11.6 Å². The average Bonchev–Trinajstić information content (AvgIpc) is 2.42. The van der Waals surface area contributed by atoms with Crippen LogP contribution in [0.2, 0.25) is 0 Å². The van der Waals surface area contributed by atoms with Gasteiger partial charge in [-0.15, -0.1) is 0 Å². The summed E-state index contributed by atoms with van der Waals surface area (Å²) < 4.78 is 14.5. The van der Waals surface area contributed by atoms with Crippen molar-refractivity contribution >= 4 is 37.7 Å². The molecular formula is C13H12Br2FN3. The molecule has 6 heteroatoms. The van der Waals surface area contributed by atoms with Crippen LogP contribution in [0.4, 0.5) is 10.2 Å². The normalized spacial score (nSPS) is 10.6. The predicted octanol–water partition coefficient (Wildman–Crippen LogP) is 4.41. The van der Waals surface area contributed by atoms with Crippen molar-refractivity contribution in [1.82, 2.24) is 9.97 Å². The molecule has 3 nitrogen and oxygen atoms in total. The molecule has 0 aliphatic rings. The number of aryl methyl sites for hydroxylation is 1. The number of benzene rings is 1. The first-order valence-electron chi connectivity index (χ1n) is 5.76. The molecule has 0 fully saturated rings. The van der Waals surface area contributed by atoms with Gasteiger partial charge in [-0.05, 0) is 56.5 Å². The molecule has 0 saturated carbocycles. The Kier molecular flexibility index (Phi) is 4.52. The fourth-order valence-corrected chi connectivity index (χ4v) is 2.69. The molecule has 0 radical (unpaired) electrons. The van der Waals surface area contributed by atoms with Crippen LogP contribution in [0.1, 0.15) is 12.6 Å². The molecule has 0 atom stereocenters. The summed E-state index contributed by atoms with van der Waals surface area (Å²) in [5.74, 6) is 0.998. The first-order chi connectivity index (χ1) is 9.06. The van der Waals surface area contributed by atoms with Crippen LogP contribution in [0.15, 0.2) is 27.1 Å². The zero-order valence-electron chi connectivity index (χ0n) is 10.5. The van der Waals surface area contributed by atoms with Crippen LogP contribution in [0.25, 0.3) is 11.4 Å². The Morgan fingerprint density at radius 3 is 2.58 bits per heavy atom. The van der Waals surface area contributed by atoms with Crippen molar-refractivity contribution in [3.63, 3.8) is 0 Å². The minimum Gasteiger partial charge on any atom is -0.372 e. The van der Waals surface area contributed by atoms with Crippen LogP contribution >= 0.6 is 31.9 Å². The molecule has 2 aromatic rings. The van der Waals surface area contributed by atoms with E-state index in [-0.39, 0.29) is 5.82 Å². The van der Waals surface area contributed by atoms with Gasteiger partial charge in [0.15, 0.2) is 5.82 Å². The van der Waals surface area contributed by atoms with Gasteiger partial charge in [-0.1, -0.05) is 6.92 Å². The van der Waals surface area contributed by atoms with Gasteiger partial charge >= 0.3 is 0 Å². The highest BCUT2D eigenvalue weighted by atomic mass is 79.9. The van der Waals surface area contributed by atoms with E-state index >= 15 is 0 Å². The Balaban J connectivity index is 2.58. The highest BCUT2D eigenvalue weighted by molar-refractivity contribution is 9.11. The second-order valence-corrected chi connectivity index (χ2v) is 5.54. The number of anilines is 1. The number of rotatable bonds is 3. The second-order valence-electron chi connectivity index (χ2n) is 3.89. The standard InChI is InChI=1S/C13H12Br2FN3/c1-3-10-11(15)13(17-2)19-12(18-10)7-4-5-9(16)8(14)6-7/h4-6H,3H2,1-2H3,(H,17,18,19). The van der Waals surface area contributed by atoms with E-state index in [1.54, 1.807) is 19.2 Å². The van der Waals surface area contributed by atoms with E-state index in [1.807, 2.05) is 6.92 Å². The van der Waals surface area contributed by atoms with Crippen molar-refractivity contribution in [3.05, 3.63) is 38.7 Å². The van der Waals surface area contributed by atoms with Crippen LogP contribution in [-0.2, 0) is 6.42 Å².